The van der Waals surface area contributed by atoms with E-state index in [0.717, 1.165) is 12.8 Å². The topological polar surface area (TPSA) is 34.1 Å². The maximum Gasteiger partial charge on any atom is 0.0766 e. The molecule has 0 bridgehead atoms. The fraction of sp³-hybridized carbons (Fsp3) is 0.583. The minimum Gasteiger partial charge on any atom is -0.379 e. The van der Waals surface area contributed by atoms with Crippen LogP contribution in [0, 0.1) is 0 Å². The van der Waals surface area contributed by atoms with Crippen molar-refractivity contribution in [1.82, 2.24) is 10.3 Å². The van der Waals surface area contributed by atoms with Gasteiger partial charge in [0.05, 0.1) is 12.1 Å². The number of pyridine rings is 1. The molecule has 15 heavy (non-hydrogen) atoms. The second-order valence-electron chi connectivity index (χ2n) is 3.62. The van der Waals surface area contributed by atoms with Gasteiger partial charge in [-0.25, -0.2) is 0 Å². The molecule has 0 radical (unpaired) electrons. The predicted molar refractivity (Wildman–Crippen MR) is 61.7 cm³/mol. The van der Waals surface area contributed by atoms with Gasteiger partial charge in [-0.2, -0.15) is 0 Å². The molecular formula is C12H20N2O. The van der Waals surface area contributed by atoms with Crippen molar-refractivity contribution in [2.75, 3.05) is 14.2 Å². The summed E-state index contributed by atoms with van der Waals surface area (Å²) in [5.41, 5.74) is 1.18. The number of nitrogens with zero attached hydrogens (tertiary/aromatic N) is 1. The van der Waals surface area contributed by atoms with E-state index in [9.17, 15) is 0 Å². The van der Waals surface area contributed by atoms with Crippen LogP contribution >= 0.6 is 0 Å². The van der Waals surface area contributed by atoms with E-state index in [1.807, 2.05) is 19.3 Å². The minimum absolute atomic E-state index is 0.212. The smallest absolute Gasteiger partial charge is 0.0766 e. The van der Waals surface area contributed by atoms with Crippen molar-refractivity contribution in [1.29, 1.82) is 0 Å². The van der Waals surface area contributed by atoms with Crippen molar-refractivity contribution < 1.29 is 4.74 Å². The van der Waals surface area contributed by atoms with E-state index in [1.54, 1.807) is 13.3 Å². The van der Waals surface area contributed by atoms with Crippen molar-refractivity contribution >= 4 is 0 Å². The molecule has 0 saturated carbocycles. The third-order valence-electron chi connectivity index (χ3n) is 2.60. The van der Waals surface area contributed by atoms with E-state index < -0.39 is 0 Å². The summed E-state index contributed by atoms with van der Waals surface area (Å²) in [6, 6.07) is 4.26. The first-order chi connectivity index (χ1) is 7.33. The lowest BCUT2D eigenvalue weighted by molar-refractivity contribution is 0.0629. The molecule has 0 amide bonds. The summed E-state index contributed by atoms with van der Waals surface area (Å²) < 4.78 is 5.51. The molecule has 0 aliphatic rings. The van der Waals surface area contributed by atoms with Crippen LogP contribution in [0.15, 0.2) is 24.5 Å². The van der Waals surface area contributed by atoms with E-state index >= 15 is 0 Å². The third-order valence-corrected chi connectivity index (χ3v) is 2.60. The molecule has 1 aromatic rings. The maximum absolute atomic E-state index is 5.51. The zero-order chi connectivity index (χ0) is 11.1. The van der Waals surface area contributed by atoms with Gasteiger partial charge in [0, 0.05) is 19.5 Å². The Kier molecular flexibility index (Phi) is 5.29. The Morgan fingerprint density at radius 2 is 2.33 bits per heavy atom. The third kappa shape index (κ3) is 3.29. The first-order valence-corrected chi connectivity index (χ1v) is 5.43. The molecule has 0 spiro atoms. The Labute approximate surface area is 91.9 Å². The van der Waals surface area contributed by atoms with Gasteiger partial charge in [-0.1, -0.05) is 19.4 Å². The van der Waals surface area contributed by atoms with E-state index in [0.29, 0.717) is 0 Å². The number of nitrogens with one attached hydrogen (secondary N) is 1. The number of hydrogen-bond acceptors (Lipinski definition) is 3. The van der Waals surface area contributed by atoms with Gasteiger partial charge in [-0.3, -0.25) is 4.98 Å². The molecule has 0 aliphatic heterocycles. The zero-order valence-corrected chi connectivity index (χ0v) is 9.73. The number of methoxy groups -OCH3 is 1. The number of ether oxygens (including phenoxy) is 1. The van der Waals surface area contributed by atoms with Crippen LogP contribution in [0.1, 0.15) is 31.4 Å². The van der Waals surface area contributed by atoms with Gasteiger partial charge in [0.1, 0.15) is 0 Å². The van der Waals surface area contributed by atoms with E-state index in [2.05, 4.69) is 23.3 Å². The minimum atomic E-state index is 0.212. The lowest BCUT2D eigenvalue weighted by Gasteiger charge is -2.25. The fourth-order valence-corrected chi connectivity index (χ4v) is 1.83. The Hall–Kier alpha value is -0.930. The Bertz CT molecular complexity index is 264. The Morgan fingerprint density at radius 1 is 1.53 bits per heavy atom. The van der Waals surface area contributed by atoms with E-state index in [4.69, 9.17) is 4.74 Å². The van der Waals surface area contributed by atoms with Crippen molar-refractivity contribution in [3.05, 3.63) is 30.1 Å². The van der Waals surface area contributed by atoms with Crippen molar-refractivity contribution in [2.24, 2.45) is 0 Å². The van der Waals surface area contributed by atoms with Gasteiger partial charge in [-0.05, 0) is 25.1 Å². The predicted octanol–water partition coefficient (Wildman–Crippen LogP) is 2.16. The second kappa shape index (κ2) is 6.53. The number of aromatic nitrogens is 1. The van der Waals surface area contributed by atoms with Gasteiger partial charge < -0.3 is 10.1 Å². The molecule has 2 unspecified atom stereocenters. The zero-order valence-electron chi connectivity index (χ0n) is 9.73. The largest absolute Gasteiger partial charge is 0.379 e. The molecular weight excluding hydrogens is 188 g/mol. The highest BCUT2D eigenvalue weighted by molar-refractivity contribution is 5.15. The molecule has 0 aliphatic carbocycles. The van der Waals surface area contributed by atoms with Gasteiger partial charge in [0.2, 0.25) is 0 Å². The average Bonchev–Trinajstić information content (AvgIpc) is 2.30. The lowest BCUT2D eigenvalue weighted by Crippen LogP contribution is -2.31. The van der Waals surface area contributed by atoms with Crippen LogP contribution < -0.4 is 5.32 Å². The molecule has 2 atom stereocenters. The van der Waals surface area contributed by atoms with Gasteiger partial charge >= 0.3 is 0 Å². The molecule has 1 rings (SSSR count). The molecule has 1 aromatic heterocycles. The number of hydrogen-bond donors (Lipinski definition) is 1. The van der Waals surface area contributed by atoms with Crippen molar-refractivity contribution in [3.8, 4) is 0 Å². The standard InChI is InChI=1S/C12H20N2O/c1-4-6-11(15-3)12(13-2)10-7-5-8-14-9-10/h5,7-9,11-13H,4,6H2,1-3H3. The van der Waals surface area contributed by atoms with Crippen LogP contribution in [0.2, 0.25) is 0 Å². The highest BCUT2D eigenvalue weighted by Gasteiger charge is 2.20. The summed E-state index contributed by atoms with van der Waals surface area (Å²) in [5, 5.41) is 3.29. The van der Waals surface area contributed by atoms with Crippen LogP contribution in [0.25, 0.3) is 0 Å². The quantitative estimate of drug-likeness (QED) is 0.778. The van der Waals surface area contributed by atoms with E-state index in [1.165, 1.54) is 5.56 Å². The van der Waals surface area contributed by atoms with Crippen molar-refractivity contribution in [3.63, 3.8) is 0 Å². The maximum atomic E-state index is 5.51. The van der Waals surface area contributed by atoms with E-state index in [-0.39, 0.29) is 12.1 Å². The number of likely N-dealkylation sites (N-methyl/N-ethyl adjacent to an activating group) is 1. The SMILES string of the molecule is CCCC(OC)C(NC)c1cccnc1. The summed E-state index contributed by atoms with van der Waals surface area (Å²) in [6.07, 6.45) is 6.07. The molecule has 3 heteroatoms. The lowest BCUT2D eigenvalue weighted by atomic mass is 10.00. The summed E-state index contributed by atoms with van der Waals surface area (Å²) in [6.45, 7) is 2.17. The first-order valence-electron chi connectivity index (χ1n) is 5.43. The van der Waals surface area contributed by atoms with Crippen molar-refractivity contribution in [2.45, 2.75) is 31.9 Å². The van der Waals surface area contributed by atoms with Crippen LogP contribution in [0.3, 0.4) is 0 Å². The van der Waals surface area contributed by atoms with Gasteiger partial charge in [0.15, 0.2) is 0 Å². The van der Waals surface area contributed by atoms with Gasteiger partial charge in [0.25, 0.3) is 0 Å². The summed E-state index contributed by atoms with van der Waals surface area (Å²) in [5.74, 6) is 0. The average molecular weight is 208 g/mol. The van der Waals surface area contributed by atoms with Crippen LogP contribution in [0.5, 0.6) is 0 Å². The molecule has 84 valence electrons. The van der Waals surface area contributed by atoms with Crippen LogP contribution in [0.4, 0.5) is 0 Å². The molecule has 0 saturated heterocycles. The Balaban J connectivity index is 2.77. The van der Waals surface area contributed by atoms with Crippen LogP contribution in [-0.2, 0) is 4.74 Å². The highest BCUT2D eigenvalue weighted by atomic mass is 16.5. The first kappa shape index (κ1) is 12.1. The molecule has 0 fully saturated rings. The normalized spacial score (nSPS) is 14.9. The number of rotatable bonds is 6. The monoisotopic (exact) mass is 208 g/mol. The summed E-state index contributed by atoms with van der Waals surface area (Å²) in [4.78, 5) is 4.13. The second-order valence-corrected chi connectivity index (χ2v) is 3.62. The molecule has 3 nitrogen and oxygen atoms in total. The molecule has 0 aromatic carbocycles. The summed E-state index contributed by atoms with van der Waals surface area (Å²) in [7, 11) is 3.72. The summed E-state index contributed by atoms with van der Waals surface area (Å²) >= 11 is 0. The fourth-order valence-electron chi connectivity index (χ4n) is 1.83. The van der Waals surface area contributed by atoms with Gasteiger partial charge in [-0.15, -0.1) is 0 Å². The molecule has 1 N–H and O–H groups in total. The highest BCUT2D eigenvalue weighted by Crippen LogP contribution is 2.20. The molecule has 1 heterocycles. The Morgan fingerprint density at radius 3 is 2.80 bits per heavy atom. The van der Waals surface area contributed by atoms with Crippen LogP contribution in [-0.4, -0.2) is 25.2 Å².